The van der Waals surface area contributed by atoms with Gasteiger partial charge >= 0.3 is 0 Å². The number of nitrogens with zero attached hydrogens (tertiary/aromatic N) is 5. The minimum Gasteiger partial charge on any atom is -0.481 e. The number of fused-ring (bicyclic) bond motifs is 1. The number of methoxy groups -OCH3 is 1. The van der Waals surface area contributed by atoms with Gasteiger partial charge in [0.05, 0.1) is 23.8 Å². The molecule has 178 valence electrons. The summed E-state index contributed by atoms with van der Waals surface area (Å²) in [6, 6.07) is 5.68. The van der Waals surface area contributed by atoms with Gasteiger partial charge in [-0.3, -0.25) is 9.59 Å². The molecule has 0 radical (unpaired) electrons. The van der Waals surface area contributed by atoms with E-state index in [4.69, 9.17) is 10.5 Å². The first-order valence-electron chi connectivity index (χ1n) is 11.5. The number of anilines is 1. The van der Waals surface area contributed by atoms with Crippen molar-refractivity contribution in [2.45, 2.75) is 51.6 Å². The molecule has 0 bridgehead atoms. The first-order chi connectivity index (χ1) is 16.3. The summed E-state index contributed by atoms with van der Waals surface area (Å²) in [5.74, 6) is 0.711. The van der Waals surface area contributed by atoms with E-state index in [1.54, 1.807) is 30.0 Å². The summed E-state index contributed by atoms with van der Waals surface area (Å²) in [4.78, 5) is 35.9. The third-order valence-corrected chi connectivity index (χ3v) is 6.95. The molecule has 2 amide bonds. The summed E-state index contributed by atoms with van der Waals surface area (Å²) in [5.41, 5.74) is 8.29. The Balaban J connectivity index is 1.34. The molecule has 0 atom stereocenters. The zero-order valence-corrected chi connectivity index (χ0v) is 19.6. The maximum Gasteiger partial charge on any atom is 0.253 e. The number of carbonyl (C=O) groups is 2. The molecule has 0 spiro atoms. The molecule has 2 aliphatic rings. The molecule has 2 fully saturated rings. The molecule has 3 aromatic rings. The van der Waals surface area contributed by atoms with Crippen LogP contribution in [0.5, 0.6) is 5.88 Å². The van der Waals surface area contributed by atoms with Crippen LogP contribution >= 0.6 is 0 Å². The van der Waals surface area contributed by atoms with Crippen LogP contribution < -0.4 is 15.8 Å². The predicted molar refractivity (Wildman–Crippen MR) is 126 cm³/mol. The molecule has 10 heteroatoms. The number of hydrogen-bond donors (Lipinski definition) is 2. The number of β-lactam (4-membered cyclic amide) rings is 1. The third-order valence-electron chi connectivity index (χ3n) is 6.95. The molecular weight excluding hydrogens is 434 g/mol. The van der Waals surface area contributed by atoms with E-state index < -0.39 is 0 Å². The van der Waals surface area contributed by atoms with Crippen molar-refractivity contribution in [3.8, 4) is 17.1 Å². The Labute approximate surface area is 197 Å². The van der Waals surface area contributed by atoms with Crippen LogP contribution in [-0.4, -0.2) is 62.0 Å². The molecule has 10 nitrogen and oxygen atoms in total. The standard InChI is InChI=1S/C24H29N7O3/c1-24(2)12-30(23(24)33)16-6-4-15(5-7-16)29-22(32)17-11-18(14-8-9-26-19(10-14)34-3)31-20(17)21(25)27-13-28-31/h8-11,13,15-16H,4-7,12H2,1-3H3,(H,29,32)(H2,25,27,28)/t15-,16-. The largest absolute Gasteiger partial charge is 0.481 e. The van der Waals surface area contributed by atoms with Gasteiger partial charge in [-0.05, 0) is 51.7 Å². The first-order valence-corrected chi connectivity index (χ1v) is 11.5. The zero-order valence-electron chi connectivity index (χ0n) is 19.6. The summed E-state index contributed by atoms with van der Waals surface area (Å²) in [5, 5.41) is 7.50. The number of hydrogen-bond acceptors (Lipinski definition) is 7. The van der Waals surface area contributed by atoms with Crippen LogP contribution in [0.1, 0.15) is 49.9 Å². The molecule has 3 aromatic heterocycles. The fourth-order valence-corrected chi connectivity index (χ4v) is 5.08. The minimum absolute atomic E-state index is 0.0402. The number of nitrogens with two attached hydrogens (primary N) is 1. The number of nitrogens with one attached hydrogen (secondary N) is 1. The molecule has 0 unspecified atom stereocenters. The monoisotopic (exact) mass is 463 g/mol. The van der Waals surface area contributed by atoms with Crippen molar-refractivity contribution >= 4 is 23.1 Å². The van der Waals surface area contributed by atoms with Gasteiger partial charge in [0.25, 0.3) is 5.91 Å². The van der Waals surface area contributed by atoms with Crippen LogP contribution in [0.15, 0.2) is 30.7 Å². The molecule has 0 aromatic carbocycles. The smallest absolute Gasteiger partial charge is 0.253 e. The van der Waals surface area contributed by atoms with Gasteiger partial charge in [-0.2, -0.15) is 5.10 Å². The number of pyridine rings is 1. The van der Waals surface area contributed by atoms with Crippen LogP contribution in [0, 0.1) is 5.41 Å². The van der Waals surface area contributed by atoms with Crippen LogP contribution in [0.25, 0.3) is 16.8 Å². The van der Waals surface area contributed by atoms with E-state index in [2.05, 4.69) is 20.4 Å². The summed E-state index contributed by atoms with van der Waals surface area (Å²) >= 11 is 0. The van der Waals surface area contributed by atoms with Crippen molar-refractivity contribution in [3.63, 3.8) is 0 Å². The minimum atomic E-state index is -0.236. The van der Waals surface area contributed by atoms with E-state index >= 15 is 0 Å². The Morgan fingerprint density at radius 3 is 2.65 bits per heavy atom. The average Bonchev–Trinajstić information content (AvgIpc) is 3.24. The summed E-state index contributed by atoms with van der Waals surface area (Å²) < 4.78 is 6.87. The normalized spacial score (nSPS) is 21.9. The number of carbonyl (C=O) groups excluding carboxylic acids is 2. The lowest BCUT2D eigenvalue weighted by molar-refractivity contribution is -0.162. The van der Waals surface area contributed by atoms with Crippen LogP contribution in [-0.2, 0) is 4.79 Å². The van der Waals surface area contributed by atoms with Gasteiger partial charge in [0.15, 0.2) is 5.82 Å². The summed E-state index contributed by atoms with van der Waals surface area (Å²) in [6.45, 7) is 4.79. The lowest BCUT2D eigenvalue weighted by atomic mass is 9.79. The maximum atomic E-state index is 13.3. The quantitative estimate of drug-likeness (QED) is 0.556. The highest BCUT2D eigenvalue weighted by molar-refractivity contribution is 6.05. The second kappa shape index (κ2) is 8.27. The lowest BCUT2D eigenvalue weighted by Gasteiger charge is -2.50. The third kappa shape index (κ3) is 3.72. The average molecular weight is 464 g/mol. The van der Waals surface area contributed by atoms with Gasteiger partial charge in [0.2, 0.25) is 11.8 Å². The van der Waals surface area contributed by atoms with Crippen LogP contribution in [0.2, 0.25) is 0 Å². The summed E-state index contributed by atoms with van der Waals surface area (Å²) in [7, 11) is 1.55. The maximum absolute atomic E-state index is 13.3. The van der Waals surface area contributed by atoms with E-state index in [1.807, 2.05) is 24.8 Å². The number of ether oxygens (including phenoxy) is 1. The van der Waals surface area contributed by atoms with Crippen molar-refractivity contribution in [1.29, 1.82) is 0 Å². The second-order valence-corrected chi connectivity index (χ2v) is 9.73. The number of amides is 2. The van der Waals surface area contributed by atoms with E-state index in [-0.39, 0.29) is 35.1 Å². The van der Waals surface area contributed by atoms with Gasteiger partial charge in [-0.25, -0.2) is 14.5 Å². The fraction of sp³-hybridized carbons (Fsp3) is 0.458. The lowest BCUT2D eigenvalue weighted by Crippen LogP contribution is -2.62. The molecule has 1 saturated carbocycles. The number of nitrogen functional groups attached to an aromatic ring is 1. The summed E-state index contributed by atoms with van der Waals surface area (Å²) in [6.07, 6.45) is 6.43. The van der Waals surface area contributed by atoms with Crippen molar-refractivity contribution in [3.05, 3.63) is 36.3 Å². The number of likely N-dealkylation sites (tertiary alicyclic amines) is 1. The Hall–Kier alpha value is -3.69. The SMILES string of the molecule is COc1cc(-c2cc(C(=O)N[C@H]3CC[C@H](N4CC(C)(C)C4=O)CC3)c3c(N)ncnn23)ccn1. The highest BCUT2D eigenvalue weighted by Crippen LogP contribution is 2.37. The van der Waals surface area contributed by atoms with E-state index in [1.165, 1.54) is 6.33 Å². The van der Waals surface area contributed by atoms with E-state index in [0.717, 1.165) is 37.8 Å². The van der Waals surface area contributed by atoms with Gasteiger partial charge in [0.1, 0.15) is 11.8 Å². The highest BCUT2D eigenvalue weighted by atomic mass is 16.5. The van der Waals surface area contributed by atoms with Crippen molar-refractivity contribution in [1.82, 2.24) is 29.8 Å². The molecule has 1 saturated heterocycles. The van der Waals surface area contributed by atoms with E-state index in [0.29, 0.717) is 22.7 Å². The first kappa shape index (κ1) is 22.1. The van der Waals surface area contributed by atoms with Gasteiger partial charge < -0.3 is 20.7 Å². The molecule has 3 N–H and O–H groups in total. The molecular formula is C24H29N7O3. The Morgan fingerprint density at radius 1 is 1.21 bits per heavy atom. The van der Waals surface area contributed by atoms with Gasteiger partial charge in [0, 0.05) is 36.5 Å². The van der Waals surface area contributed by atoms with Gasteiger partial charge in [-0.15, -0.1) is 0 Å². The van der Waals surface area contributed by atoms with Gasteiger partial charge in [-0.1, -0.05) is 0 Å². The van der Waals surface area contributed by atoms with Crippen molar-refractivity contribution in [2.24, 2.45) is 5.41 Å². The Morgan fingerprint density at radius 2 is 1.97 bits per heavy atom. The zero-order chi connectivity index (χ0) is 24.0. The van der Waals surface area contributed by atoms with Crippen LogP contribution in [0.4, 0.5) is 5.82 Å². The molecule has 1 aliphatic heterocycles. The predicted octanol–water partition coefficient (Wildman–Crippen LogP) is 2.29. The Kier molecular flexibility index (Phi) is 5.38. The topological polar surface area (TPSA) is 128 Å². The highest BCUT2D eigenvalue weighted by Gasteiger charge is 2.47. The van der Waals surface area contributed by atoms with E-state index in [9.17, 15) is 9.59 Å². The number of rotatable bonds is 5. The Bertz CT molecular complexity index is 1260. The fourth-order valence-electron chi connectivity index (χ4n) is 5.08. The van der Waals surface area contributed by atoms with Crippen LogP contribution in [0.3, 0.4) is 0 Å². The number of aromatic nitrogens is 4. The van der Waals surface area contributed by atoms with Crippen molar-refractivity contribution in [2.75, 3.05) is 19.4 Å². The molecule has 1 aliphatic carbocycles. The van der Waals surface area contributed by atoms with Crippen molar-refractivity contribution < 1.29 is 14.3 Å². The molecule has 5 rings (SSSR count). The second-order valence-electron chi connectivity index (χ2n) is 9.73. The molecule has 4 heterocycles. The molecule has 34 heavy (non-hydrogen) atoms.